The number of nitrogens with one attached hydrogen (secondary N) is 1. The van der Waals surface area contributed by atoms with Crippen LogP contribution in [0, 0.1) is 12.3 Å². The third kappa shape index (κ3) is 2.87. The predicted molar refractivity (Wildman–Crippen MR) is 85.5 cm³/mol. The Morgan fingerprint density at radius 2 is 1.96 bits per heavy atom. The molecule has 2 aliphatic heterocycles. The number of sulfonamides is 1. The third-order valence-corrected chi connectivity index (χ3v) is 5.15. The first kappa shape index (κ1) is 15.4. The van der Waals surface area contributed by atoms with E-state index >= 15 is 0 Å². The molecular weight excluding hydrogens is 316 g/mol. The van der Waals surface area contributed by atoms with Crippen molar-refractivity contribution in [2.75, 3.05) is 32.7 Å². The number of terminal acetylenes is 1. The number of carbonyl (C=O) groups is 1. The summed E-state index contributed by atoms with van der Waals surface area (Å²) in [4.78, 5) is 15.7. The maximum absolute atomic E-state index is 12.1. The van der Waals surface area contributed by atoms with Crippen LogP contribution in [0.4, 0.5) is 4.79 Å². The van der Waals surface area contributed by atoms with Crippen molar-refractivity contribution in [1.29, 1.82) is 0 Å². The lowest BCUT2D eigenvalue weighted by Crippen LogP contribution is -2.53. The van der Waals surface area contributed by atoms with E-state index in [4.69, 9.17) is 6.42 Å². The number of amidine groups is 1. The minimum Gasteiger partial charge on any atom is -0.352 e. The SMILES string of the molecule is C#CCNC(=O)N1CCN(C2=NS(=O)(=O)c3ccccc32)CC1. The summed E-state index contributed by atoms with van der Waals surface area (Å²) in [6.45, 7) is 2.20. The summed E-state index contributed by atoms with van der Waals surface area (Å²) >= 11 is 0. The smallest absolute Gasteiger partial charge is 0.318 e. The van der Waals surface area contributed by atoms with Crippen LogP contribution in [-0.4, -0.2) is 62.8 Å². The summed E-state index contributed by atoms with van der Waals surface area (Å²) in [6, 6.07) is 6.58. The molecule has 0 saturated carbocycles. The monoisotopic (exact) mass is 332 g/mol. The van der Waals surface area contributed by atoms with Crippen LogP contribution in [0.2, 0.25) is 0 Å². The van der Waals surface area contributed by atoms with Gasteiger partial charge in [0.15, 0.2) is 5.84 Å². The Bertz CT molecular complexity index is 802. The Hall–Kier alpha value is -2.53. The van der Waals surface area contributed by atoms with Crippen molar-refractivity contribution < 1.29 is 13.2 Å². The Labute approximate surface area is 135 Å². The molecule has 1 saturated heterocycles. The lowest BCUT2D eigenvalue weighted by atomic mass is 10.1. The Balaban J connectivity index is 1.72. The zero-order valence-corrected chi connectivity index (χ0v) is 13.2. The third-order valence-electron chi connectivity index (χ3n) is 3.82. The molecule has 8 heteroatoms. The summed E-state index contributed by atoms with van der Waals surface area (Å²) in [6.07, 6.45) is 5.12. The standard InChI is InChI=1S/C15H16N4O3S/c1-2-7-16-15(20)19-10-8-18(9-11-19)14-12-5-3-4-6-13(12)23(21,22)17-14/h1,3-6H,7-11H2,(H,16,20). The van der Waals surface area contributed by atoms with Gasteiger partial charge in [0.05, 0.1) is 6.54 Å². The average Bonchev–Trinajstić information content (AvgIpc) is 2.85. The van der Waals surface area contributed by atoms with Crippen LogP contribution in [0.15, 0.2) is 33.6 Å². The maximum Gasteiger partial charge on any atom is 0.318 e. The van der Waals surface area contributed by atoms with E-state index in [1.807, 2.05) is 4.90 Å². The van der Waals surface area contributed by atoms with Gasteiger partial charge in [-0.1, -0.05) is 18.1 Å². The van der Waals surface area contributed by atoms with Gasteiger partial charge in [-0.15, -0.1) is 10.8 Å². The van der Waals surface area contributed by atoms with Crippen LogP contribution in [0.5, 0.6) is 0 Å². The first-order valence-corrected chi connectivity index (χ1v) is 8.62. The van der Waals surface area contributed by atoms with E-state index in [9.17, 15) is 13.2 Å². The van der Waals surface area contributed by atoms with Gasteiger partial charge in [0.2, 0.25) is 0 Å². The molecule has 3 rings (SSSR count). The first-order valence-electron chi connectivity index (χ1n) is 7.18. The van der Waals surface area contributed by atoms with Gasteiger partial charge in [-0.05, 0) is 12.1 Å². The maximum atomic E-state index is 12.1. The fraction of sp³-hybridized carbons (Fsp3) is 0.333. The number of fused-ring (bicyclic) bond motifs is 1. The molecule has 7 nitrogen and oxygen atoms in total. The van der Waals surface area contributed by atoms with Crippen molar-refractivity contribution in [3.05, 3.63) is 29.8 Å². The highest BCUT2D eigenvalue weighted by Crippen LogP contribution is 2.27. The number of nitrogens with zero attached hydrogens (tertiary/aromatic N) is 3. The lowest BCUT2D eigenvalue weighted by Gasteiger charge is -2.35. The molecule has 23 heavy (non-hydrogen) atoms. The van der Waals surface area contributed by atoms with E-state index in [1.54, 1.807) is 29.2 Å². The molecule has 0 bridgehead atoms. The van der Waals surface area contributed by atoms with Crippen LogP contribution < -0.4 is 5.32 Å². The van der Waals surface area contributed by atoms with Crippen LogP contribution in [-0.2, 0) is 10.0 Å². The lowest BCUT2D eigenvalue weighted by molar-refractivity contribution is 0.171. The van der Waals surface area contributed by atoms with E-state index in [-0.39, 0.29) is 17.5 Å². The number of benzene rings is 1. The molecular formula is C15H16N4O3S. The molecule has 0 radical (unpaired) electrons. The molecule has 0 spiro atoms. The highest BCUT2D eigenvalue weighted by atomic mass is 32.2. The summed E-state index contributed by atoms with van der Waals surface area (Å²) in [5.74, 6) is 2.82. The molecule has 120 valence electrons. The molecule has 0 unspecified atom stereocenters. The highest BCUT2D eigenvalue weighted by molar-refractivity contribution is 7.90. The fourth-order valence-electron chi connectivity index (χ4n) is 2.68. The van der Waals surface area contributed by atoms with E-state index in [1.165, 1.54) is 0 Å². The fourth-order valence-corrected chi connectivity index (χ4v) is 3.90. The number of rotatable bonds is 1. The van der Waals surface area contributed by atoms with Gasteiger partial charge in [0.1, 0.15) is 4.90 Å². The number of hydrogen-bond acceptors (Lipinski definition) is 4. The summed E-state index contributed by atoms with van der Waals surface area (Å²) < 4.78 is 28.1. The zero-order valence-electron chi connectivity index (χ0n) is 12.4. The number of amides is 2. The van der Waals surface area contributed by atoms with E-state index in [2.05, 4.69) is 15.6 Å². The summed E-state index contributed by atoms with van der Waals surface area (Å²) in [5, 5.41) is 2.62. The molecule has 0 aliphatic carbocycles. The van der Waals surface area contributed by atoms with Crippen molar-refractivity contribution in [2.24, 2.45) is 4.40 Å². The molecule has 0 atom stereocenters. The quantitative estimate of drug-likeness (QED) is 0.739. The van der Waals surface area contributed by atoms with Gasteiger partial charge in [-0.3, -0.25) is 0 Å². The zero-order chi connectivity index (χ0) is 16.4. The highest BCUT2D eigenvalue weighted by Gasteiger charge is 2.33. The van der Waals surface area contributed by atoms with Crippen molar-refractivity contribution in [1.82, 2.24) is 15.1 Å². The second-order valence-electron chi connectivity index (χ2n) is 5.22. The van der Waals surface area contributed by atoms with Crippen molar-refractivity contribution in [2.45, 2.75) is 4.90 Å². The largest absolute Gasteiger partial charge is 0.352 e. The molecule has 2 aliphatic rings. The predicted octanol–water partition coefficient (Wildman–Crippen LogP) is 0.0959. The summed E-state index contributed by atoms with van der Waals surface area (Å²) in [5.41, 5.74) is 0.623. The normalized spacial score (nSPS) is 18.8. The van der Waals surface area contributed by atoms with Crippen molar-refractivity contribution in [3.63, 3.8) is 0 Å². The van der Waals surface area contributed by atoms with Crippen molar-refractivity contribution >= 4 is 21.9 Å². The van der Waals surface area contributed by atoms with Crippen molar-refractivity contribution in [3.8, 4) is 12.3 Å². The van der Waals surface area contributed by atoms with Gasteiger partial charge in [0.25, 0.3) is 10.0 Å². The molecule has 1 aromatic carbocycles. The molecule has 0 aromatic heterocycles. The second kappa shape index (κ2) is 5.93. The molecule has 1 aromatic rings. The van der Waals surface area contributed by atoms with Crippen LogP contribution in [0.3, 0.4) is 0 Å². The number of urea groups is 1. The number of piperazine rings is 1. The molecule has 2 heterocycles. The number of carbonyl (C=O) groups excluding carboxylic acids is 1. The second-order valence-corrected chi connectivity index (χ2v) is 6.80. The molecule has 2 amide bonds. The first-order chi connectivity index (χ1) is 11.0. The minimum absolute atomic E-state index is 0.192. The van der Waals surface area contributed by atoms with Gasteiger partial charge < -0.3 is 15.1 Å². The van der Waals surface area contributed by atoms with Gasteiger partial charge in [-0.2, -0.15) is 8.42 Å². The van der Waals surface area contributed by atoms with Gasteiger partial charge in [-0.25, -0.2) is 4.79 Å². The topological polar surface area (TPSA) is 82.1 Å². The molecule has 1 N–H and O–H groups in total. The summed E-state index contributed by atoms with van der Waals surface area (Å²) in [7, 11) is -3.61. The Morgan fingerprint density at radius 1 is 1.26 bits per heavy atom. The Morgan fingerprint density at radius 3 is 2.65 bits per heavy atom. The Kier molecular flexibility index (Phi) is 3.96. The van der Waals surface area contributed by atoms with E-state index < -0.39 is 10.0 Å². The van der Waals surface area contributed by atoms with Crippen LogP contribution >= 0.6 is 0 Å². The minimum atomic E-state index is -3.61. The van der Waals surface area contributed by atoms with Gasteiger partial charge in [0, 0.05) is 31.7 Å². The van der Waals surface area contributed by atoms with Crippen LogP contribution in [0.25, 0.3) is 0 Å². The molecule has 1 fully saturated rings. The van der Waals surface area contributed by atoms with Gasteiger partial charge >= 0.3 is 6.03 Å². The van der Waals surface area contributed by atoms with Crippen LogP contribution in [0.1, 0.15) is 5.56 Å². The number of hydrogen-bond donors (Lipinski definition) is 1. The average molecular weight is 332 g/mol. The van der Waals surface area contributed by atoms with E-state index in [0.29, 0.717) is 37.6 Å². The van der Waals surface area contributed by atoms with E-state index in [0.717, 1.165) is 0 Å².